The van der Waals surface area contributed by atoms with Gasteiger partial charge in [0.05, 0.1) is 6.04 Å². The van der Waals surface area contributed by atoms with Crippen LogP contribution in [0.5, 0.6) is 11.5 Å². The average Bonchev–Trinajstić information content (AvgIpc) is 2.68. The highest BCUT2D eigenvalue weighted by Gasteiger charge is 2.26. The summed E-state index contributed by atoms with van der Waals surface area (Å²) in [7, 11) is 0. The van der Waals surface area contributed by atoms with Gasteiger partial charge >= 0.3 is 0 Å². The minimum Gasteiger partial charge on any atom is -0.457 e. The van der Waals surface area contributed by atoms with Gasteiger partial charge in [-0.2, -0.15) is 0 Å². The van der Waals surface area contributed by atoms with Crippen LogP contribution < -0.4 is 15.8 Å². The maximum absolute atomic E-state index is 12.2. The molecule has 1 saturated heterocycles. The molecule has 3 rings (SSSR count). The van der Waals surface area contributed by atoms with Crippen LogP contribution in [0.25, 0.3) is 0 Å². The van der Waals surface area contributed by atoms with E-state index in [4.69, 9.17) is 15.2 Å². The summed E-state index contributed by atoms with van der Waals surface area (Å²) in [6, 6.07) is 16.8. The van der Waals surface area contributed by atoms with Crippen molar-refractivity contribution in [1.82, 2.24) is 5.32 Å². The van der Waals surface area contributed by atoms with Crippen molar-refractivity contribution in [2.24, 2.45) is 11.7 Å². The van der Waals surface area contributed by atoms with Crippen LogP contribution in [0.15, 0.2) is 54.6 Å². The molecule has 1 fully saturated rings. The summed E-state index contributed by atoms with van der Waals surface area (Å²) in [5.41, 5.74) is 7.09. The van der Waals surface area contributed by atoms with E-state index in [2.05, 4.69) is 5.32 Å². The van der Waals surface area contributed by atoms with E-state index in [0.717, 1.165) is 29.9 Å². The molecule has 1 heterocycles. The Hall–Kier alpha value is -2.37. The van der Waals surface area contributed by atoms with Crippen molar-refractivity contribution in [2.45, 2.75) is 25.4 Å². The Kier molecular flexibility index (Phi) is 6.04. The summed E-state index contributed by atoms with van der Waals surface area (Å²) < 4.78 is 11.1. The fraction of sp³-hybridized carbons (Fsp3) is 0.350. The molecule has 1 atom stereocenters. The number of nitrogens with two attached hydrogens (primary N) is 1. The third-order valence-corrected chi connectivity index (χ3v) is 4.45. The van der Waals surface area contributed by atoms with Crippen molar-refractivity contribution in [1.29, 1.82) is 0 Å². The number of para-hydroxylation sites is 1. The standard InChI is InChI=1S/C20H24N2O3/c21-19(16-10-12-24-13-11-16)20(23)22-14-15-6-8-18(9-7-15)25-17-4-2-1-3-5-17/h1-9,16,19H,10-14,21H2,(H,22,23). The lowest BCUT2D eigenvalue weighted by atomic mass is 9.92. The van der Waals surface area contributed by atoms with E-state index in [1.165, 1.54) is 0 Å². The summed E-state index contributed by atoms with van der Waals surface area (Å²) in [5, 5.41) is 2.92. The number of benzene rings is 2. The second kappa shape index (κ2) is 8.65. The summed E-state index contributed by atoms with van der Waals surface area (Å²) >= 11 is 0. The third-order valence-electron chi connectivity index (χ3n) is 4.45. The fourth-order valence-corrected chi connectivity index (χ4v) is 2.90. The Labute approximate surface area is 148 Å². The topological polar surface area (TPSA) is 73.6 Å². The molecule has 3 N–H and O–H groups in total. The van der Waals surface area contributed by atoms with E-state index >= 15 is 0 Å². The zero-order valence-electron chi connectivity index (χ0n) is 14.2. The van der Waals surface area contributed by atoms with E-state index in [1.807, 2.05) is 54.6 Å². The smallest absolute Gasteiger partial charge is 0.237 e. The number of carbonyl (C=O) groups is 1. The predicted molar refractivity (Wildman–Crippen MR) is 96.3 cm³/mol. The Morgan fingerprint density at radius 1 is 1.08 bits per heavy atom. The molecule has 0 saturated carbocycles. The molecule has 5 heteroatoms. The lowest BCUT2D eigenvalue weighted by Crippen LogP contribution is -2.46. The van der Waals surface area contributed by atoms with E-state index < -0.39 is 6.04 Å². The first-order chi connectivity index (χ1) is 12.2. The second-order valence-corrected chi connectivity index (χ2v) is 6.25. The molecular formula is C20H24N2O3. The van der Waals surface area contributed by atoms with E-state index in [9.17, 15) is 4.79 Å². The first kappa shape index (κ1) is 17.5. The Balaban J connectivity index is 1.48. The minimum absolute atomic E-state index is 0.100. The molecule has 0 radical (unpaired) electrons. The van der Waals surface area contributed by atoms with Crippen LogP contribution in [-0.2, 0) is 16.1 Å². The van der Waals surface area contributed by atoms with Crippen LogP contribution >= 0.6 is 0 Å². The van der Waals surface area contributed by atoms with Gasteiger partial charge in [-0.1, -0.05) is 30.3 Å². The molecule has 25 heavy (non-hydrogen) atoms. The lowest BCUT2D eigenvalue weighted by molar-refractivity contribution is -0.124. The van der Waals surface area contributed by atoms with Gasteiger partial charge in [0.15, 0.2) is 0 Å². The number of carbonyl (C=O) groups excluding carboxylic acids is 1. The molecule has 5 nitrogen and oxygen atoms in total. The van der Waals surface area contributed by atoms with Gasteiger partial charge in [-0.15, -0.1) is 0 Å². The average molecular weight is 340 g/mol. The molecule has 0 aromatic heterocycles. The van der Waals surface area contributed by atoms with Gasteiger partial charge in [0, 0.05) is 19.8 Å². The summed E-state index contributed by atoms with van der Waals surface area (Å²) in [4.78, 5) is 12.2. The molecule has 0 bridgehead atoms. The number of hydrogen-bond acceptors (Lipinski definition) is 4. The number of nitrogens with one attached hydrogen (secondary N) is 1. The summed E-state index contributed by atoms with van der Waals surface area (Å²) in [6.45, 7) is 1.84. The van der Waals surface area contributed by atoms with Gasteiger partial charge in [-0.25, -0.2) is 0 Å². The summed E-state index contributed by atoms with van der Waals surface area (Å²) in [5.74, 6) is 1.66. The molecular weight excluding hydrogens is 316 g/mol. The van der Waals surface area contributed by atoms with Gasteiger partial charge < -0.3 is 20.5 Å². The molecule has 0 aliphatic carbocycles. The largest absolute Gasteiger partial charge is 0.457 e. The second-order valence-electron chi connectivity index (χ2n) is 6.25. The van der Waals surface area contributed by atoms with Gasteiger partial charge in [-0.3, -0.25) is 4.79 Å². The van der Waals surface area contributed by atoms with Crippen molar-refractivity contribution in [2.75, 3.05) is 13.2 Å². The molecule has 0 spiro atoms. The zero-order chi connectivity index (χ0) is 17.5. The number of hydrogen-bond donors (Lipinski definition) is 2. The van der Waals surface area contributed by atoms with Crippen LogP contribution in [0.1, 0.15) is 18.4 Å². The number of amides is 1. The van der Waals surface area contributed by atoms with Crippen molar-refractivity contribution < 1.29 is 14.3 Å². The molecule has 2 aromatic rings. The monoisotopic (exact) mass is 340 g/mol. The SMILES string of the molecule is NC(C(=O)NCc1ccc(Oc2ccccc2)cc1)C1CCOCC1. The highest BCUT2D eigenvalue weighted by Crippen LogP contribution is 2.21. The molecule has 1 aliphatic heterocycles. The normalized spacial score (nSPS) is 16.2. The van der Waals surface area contributed by atoms with Crippen LogP contribution in [0.4, 0.5) is 0 Å². The van der Waals surface area contributed by atoms with Crippen molar-refractivity contribution in [3.63, 3.8) is 0 Å². The Bertz CT molecular complexity index is 667. The van der Waals surface area contributed by atoms with Gasteiger partial charge in [0.1, 0.15) is 11.5 Å². The summed E-state index contributed by atoms with van der Waals surface area (Å²) in [6.07, 6.45) is 1.69. The first-order valence-electron chi connectivity index (χ1n) is 8.65. The quantitative estimate of drug-likeness (QED) is 0.848. The minimum atomic E-state index is -0.468. The van der Waals surface area contributed by atoms with E-state index in [-0.39, 0.29) is 11.8 Å². The lowest BCUT2D eigenvalue weighted by Gasteiger charge is -2.26. The van der Waals surface area contributed by atoms with E-state index in [1.54, 1.807) is 0 Å². The van der Waals surface area contributed by atoms with Crippen LogP contribution in [0.2, 0.25) is 0 Å². The Morgan fingerprint density at radius 2 is 1.72 bits per heavy atom. The van der Waals surface area contributed by atoms with Gasteiger partial charge in [-0.05, 0) is 48.6 Å². The van der Waals surface area contributed by atoms with Crippen LogP contribution in [0.3, 0.4) is 0 Å². The maximum Gasteiger partial charge on any atom is 0.237 e. The molecule has 2 aromatic carbocycles. The molecule has 1 aliphatic rings. The van der Waals surface area contributed by atoms with Crippen molar-refractivity contribution >= 4 is 5.91 Å². The van der Waals surface area contributed by atoms with Gasteiger partial charge in [0.25, 0.3) is 0 Å². The van der Waals surface area contributed by atoms with Crippen LogP contribution in [0, 0.1) is 5.92 Å². The number of rotatable bonds is 6. The van der Waals surface area contributed by atoms with Crippen LogP contribution in [-0.4, -0.2) is 25.2 Å². The zero-order valence-corrected chi connectivity index (χ0v) is 14.2. The van der Waals surface area contributed by atoms with Gasteiger partial charge in [0.2, 0.25) is 5.91 Å². The molecule has 1 amide bonds. The predicted octanol–water partition coefficient (Wildman–Crippen LogP) is 2.85. The molecule has 1 unspecified atom stereocenters. The highest BCUT2D eigenvalue weighted by molar-refractivity contribution is 5.81. The maximum atomic E-state index is 12.2. The fourth-order valence-electron chi connectivity index (χ4n) is 2.90. The Morgan fingerprint density at radius 3 is 2.40 bits per heavy atom. The number of ether oxygens (including phenoxy) is 2. The highest BCUT2D eigenvalue weighted by atomic mass is 16.5. The van der Waals surface area contributed by atoms with E-state index in [0.29, 0.717) is 19.8 Å². The first-order valence-corrected chi connectivity index (χ1v) is 8.65. The van der Waals surface area contributed by atoms with Crippen molar-refractivity contribution in [3.05, 3.63) is 60.2 Å². The van der Waals surface area contributed by atoms with Crippen molar-refractivity contribution in [3.8, 4) is 11.5 Å². The third kappa shape index (κ3) is 5.05. The molecule has 132 valence electrons.